The molecule has 0 aliphatic heterocycles. The van der Waals surface area contributed by atoms with E-state index in [0.717, 1.165) is 0 Å². The van der Waals surface area contributed by atoms with Crippen LogP contribution in [0.5, 0.6) is 0 Å². The normalized spacial score (nSPS) is 12.0. The van der Waals surface area contributed by atoms with Crippen LogP contribution in [0.1, 0.15) is 33.1 Å². The Morgan fingerprint density at radius 1 is 1.18 bits per heavy atom. The van der Waals surface area contributed by atoms with Gasteiger partial charge in [0.05, 0.1) is 6.61 Å². The average molecular weight is 164 g/mol. The molecule has 2 N–H and O–H groups in total. The zero-order valence-electron chi connectivity index (χ0n) is 7.04. The maximum atomic E-state index is 8.57. The average Bonchev–Trinajstić information content (AvgIpc) is 2.08. The second-order valence-corrected chi connectivity index (χ2v) is 2.56. The molecule has 0 aromatic rings. The van der Waals surface area contributed by atoms with E-state index in [0.29, 0.717) is 19.3 Å². The first-order valence-corrected chi connectivity index (χ1v) is 3.83. The third kappa shape index (κ3) is 3.16. The van der Waals surface area contributed by atoms with E-state index >= 15 is 0 Å². The lowest BCUT2D eigenvalue weighted by Crippen LogP contribution is -2.31. The lowest BCUT2D eigenvalue weighted by molar-refractivity contribution is -0.337. The summed E-state index contributed by atoms with van der Waals surface area (Å²) in [7, 11) is 0. The van der Waals surface area contributed by atoms with Gasteiger partial charge in [-0.05, 0) is 12.8 Å². The number of hydrogen-bond donors (Lipinski definition) is 2. The molecule has 0 aliphatic rings. The first kappa shape index (κ1) is 10.8. The summed E-state index contributed by atoms with van der Waals surface area (Å²) in [5, 5.41) is 16.6. The fourth-order valence-electron chi connectivity index (χ4n) is 1.01. The smallest absolute Gasteiger partial charge is 0.105 e. The molecule has 0 aromatic carbocycles. The summed E-state index contributed by atoms with van der Waals surface area (Å²) in [6, 6.07) is 0. The van der Waals surface area contributed by atoms with Crippen LogP contribution in [-0.4, -0.2) is 22.7 Å². The highest BCUT2D eigenvalue weighted by molar-refractivity contribution is 4.75. The standard InChI is InChI=1S/C7H16O4/c1-3-7(4-2,11-9)5-6-10-8/h8-9H,3-6H2,1-2H3. The van der Waals surface area contributed by atoms with Gasteiger partial charge in [-0.25, -0.2) is 9.78 Å². The van der Waals surface area contributed by atoms with Crippen LogP contribution >= 0.6 is 0 Å². The van der Waals surface area contributed by atoms with Gasteiger partial charge >= 0.3 is 0 Å². The number of hydrogen-bond acceptors (Lipinski definition) is 4. The highest BCUT2D eigenvalue weighted by Crippen LogP contribution is 2.23. The molecule has 0 fully saturated rings. The molecule has 0 saturated carbocycles. The first-order valence-electron chi connectivity index (χ1n) is 3.83. The van der Waals surface area contributed by atoms with Crippen LogP contribution in [0.15, 0.2) is 0 Å². The predicted molar refractivity (Wildman–Crippen MR) is 40.2 cm³/mol. The maximum absolute atomic E-state index is 8.57. The zero-order valence-corrected chi connectivity index (χ0v) is 7.04. The molecule has 0 saturated heterocycles. The Morgan fingerprint density at radius 2 is 1.73 bits per heavy atom. The van der Waals surface area contributed by atoms with Crippen molar-refractivity contribution in [3.05, 3.63) is 0 Å². The second kappa shape index (κ2) is 5.49. The van der Waals surface area contributed by atoms with Crippen molar-refractivity contribution >= 4 is 0 Å². The molecule has 0 amide bonds. The van der Waals surface area contributed by atoms with Crippen LogP contribution in [0.4, 0.5) is 0 Å². The van der Waals surface area contributed by atoms with E-state index in [-0.39, 0.29) is 6.61 Å². The minimum Gasteiger partial charge on any atom is -0.252 e. The largest absolute Gasteiger partial charge is 0.252 e. The minimum atomic E-state index is -0.553. The Labute approximate surface area is 66.6 Å². The van der Waals surface area contributed by atoms with Crippen LogP contribution in [0, 0.1) is 0 Å². The fraction of sp³-hybridized carbons (Fsp3) is 1.00. The van der Waals surface area contributed by atoms with Gasteiger partial charge in [-0.15, -0.1) is 0 Å². The van der Waals surface area contributed by atoms with Crippen LogP contribution in [0.3, 0.4) is 0 Å². The van der Waals surface area contributed by atoms with E-state index < -0.39 is 5.60 Å². The van der Waals surface area contributed by atoms with Crippen molar-refractivity contribution in [3.63, 3.8) is 0 Å². The van der Waals surface area contributed by atoms with Crippen LogP contribution in [-0.2, 0) is 9.78 Å². The summed E-state index contributed by atoms with van der Waals surface area (Å²) < 4.78 is 0. The summed E-state index contributed by atoms with van der Waals surface area (Å²) in [6.07, 6.45) is 1.89. The van der Waals surface area contributed by atoms with Crippen molar-refractivity contribution in [2.45, 2.75) is 38.7 Å². The summed E-state index contributed by atoms with van der Waals surface area (Å²) in [6.45, 7) is 4.01. The lowest BCUT2D eigenvalue weighted by atomic mass is 9.94. The summed E-state index contributed by atoms with van der Waals surface area (Å²) in [5.41, 5.74) is -0.553. The molecule has 0 unspecified atom stereocenters. The molecule has 11 heavy (non-hydrogen) atoms. The van der Waals surface area contributed by atoms with Crippen molar-refractivity contribution in [2.75, 3.05) is 6.61 Å². The van der Waals surface area contributed by atoms with Gasteiger partial charge < -0.3 is 0 Å². The van der Waals surface area contributed by atoms with Gasteiger partial charge in [-0.1, -0.05) is 13.8 Å². The molecule has 0 rings (SSSR count). The van der Waals surface area contributed by atoms with Crippen molar-refractivity contribution in [3.8, 4) is 0 Å². The van der Waals surface area contributed by atoms with Crippen molar-refractivity contribution in [1.29, 1.82) is 0 Å². The van der Waals surface area contributed by atoms with Gasteiger partial charge in [0, 0.05) is 6.42 Å². The number of rotatable bonds is 6. The molecule has 0 bridgehead atoms. The SMILES string of the molecule is CCC(CC)(CCOO)OO. The van der Waals surface area contributed by atoms with Gasteiger partial charge in [0.15, 0.2) is 0 Å². The quantitative estimate of drug-likeness (QED) is 0.465. The fourth-order valence-corrected chi connectivity index (χ4v) is 1.01. The Morgan fingerprint density at radius 3 is 2.00 bits per heavy atom. The van der Waals surface area contributed by atoms with Crippen molar-refractivity contribution in [2.24, 2.45) is 0 Å². The topological polar surface area (TPSA) is 58.9 Å². The molecule has 0 aliphatic carbocycles. The van der Waals surface area contributed by atoms with E-state index in [4.69, 9.17) is 10.5 Å². The lowest BCUT2D eigenvalue weighted by Gasteiger charge is -2.26. The first-order chi connectivity index (χ1) is 5.24. The highest BCUT2D eigenvalue weighted by atomic mass is 17.1. The second-order valence-electron chi connectivity index (χ2n) is 2.56. The van der Waals surface area contributed by atoms with Gasteiger partial charge in [-0.3, -0.25) is 10.5 Å². The Kier molecular flexibility index (Phi) is 5.41. The minimum absolute atomic E-state index is 0.183. The van der Waals surface area contributed by atoms with Crippen LogP contribution in [0.25, 0.3) is 0 Å². The van der Waals surface area contributed by atoms with Gasteiger partial charge in [-0.2, -0.15) is 0 Å². The van der Waals surface area contributed by atoms with Crippen LogP contribution in [0.2, 0.25) is 0 Å². The third-order valence-corrected chi connectivity index (χ3v) is 2.13. The molecule has 0 radical (unpaired) electrons. The molecular weight excluding hydrogens is 148 g/mol. The zero-order chi connectivity index (χ0) is 8.74. The Bertz CT molecular complexity index is 82.2. The van der Waals surface area contributed by atoms with E-state index in [1.807, 2.05) is 13.8 Å². The molecule has 4 heteroatoms. The predicted octanol–water partition coefficient (Wildman–Crippen LogP) is 1.91. The molecule has 0 heterocycles. The van der Waals surface area contributed by atoms with Crippen molar-refractivity contribution in [1.82, 2.24) is 0 Å². The summed E-state index contributed by atoms with van der Waals surface area (Å²) >= 11 is 0. The maximum Gasteiger partial charge on any atom is 0.105 e. The molecule has 0 atom stereocenters. The highest BCUT2D eigenvalue weighted by Gasteiger charge is 2.27. The van der Waals surface area contributed by atoms with Gasteiger partial charge in [0.25, 0.3) is 0 Å². The van der Waals surface area contributed by atoms with E-state index in [1.165, 1.54) is 0 Å². The van der Waals surface area contributed by atoms with Gasteiger partial charge in [0.1, 0.15) is 5.60 Å². The molecule has 0 aromatic heterocycles. The summed E-state index contributed by atoms with van der Waals surface area (Å²) in [4.78, 5) is 8.26. The summed E-state index contributed by atoms with van der Waals surface area (Å²) in [5.74, 6) is 0. The van der Waals surface area contributed by atoms with Gasteiger partial charge in [0.2, 0.25) is 0 Å². The van der Waals surface area contributed by atoms with Crippen molar-refractivity contribution < 1.29 is 20.3 Å². The molecular formula is C7H16O4. The van der Waals surface area contributed by atoms with Crippen LogP contribution < -0.4 is 0 Å². The van der Waals surface area contributed by atoms with E-state index in [1.54, 1.807) is 0 Å². The Hall–Kier alpha value is -0.160. The van der Waals surface area contributed by atoms with E-state index in [9.17, 15) is 0 Å². The monoisotopic (exact) mass is 164 g/mol. The van der Waals surface area contributed by atoms with E-state index in [2.05, 4.69) is 9.78 Å². The third-order valence-electron chi connectivity index (χ3n) is 2.13. The molecule has 0 spiro atoms. The molecule has 68 valence electrons. The molecule has 4 nitrogen and oxygen atoms in total. The Balaban J connectivity index is 3.84.